The molecule has 7 heteroatoms. The molecule has 3 aromatic rings. The van der Waals surface area contributed by atoms with Gasteiger partial charge in [-0.25, -0.2) is 0 Å². The number of ketones is 1. The van der Waals surface area contributed by atoms with E-state index in [4.69, 9.17) is 16.3 Å². The van der Waals surface area contributed by atoms with E-state index in [1.54, 1.807) is 49.4 Å². The van der Waals surface area contributed by atoms with Gasteiger partial charge in [-0.3, -0.25) is 9.59 Å². The number of benzene rings is 3. The number of cyclic esters (lactones) is 1. The van der Waals surface area contributed by atoms with Crippen molar-refractivity contribution in [3.05, 3.63) is 99.8 Å². The molecule has 0 N–H and O–H groups in total. The second-order valence-corrected chi connectivity index (χ2v) is 7.84. The van der Waals surface area contributed by atoms with Crippen LogP contribution < -0.4 is 0 Å². The van der Waals surface area contributed by atoms with Crippen LogP contribution in [-0.2, 0) is 20.5 Å². The van der Waals surface area contributed by atoms with Crippen molar-refractivity contribution in [3.8, 4) is 11.1 Å². The number of hydrogen-bond acceptors (Lipinski definition) is 3. The number of ether oxygens (including phenoxy) is 1. The molecule has 0 saturated carbocycles. The van der Waals surface area contributed by atoms with Crippen LogP contribution in [-0.4, -0.2) is 11.8 Å². The number of hydrogen-bond donors (Lipinski definition) is 0. The van der Waals surface area contributed by atoms with Crippen molar-refractivity contribution in [1.82, 2.24) is 0 Å². The molecule has 1 fully saturated rings. The molecule has 4 rings (SSSR count). The van der Waals surface area contributed by atoms with Gasteiger partial charge < -0.3 is 4.74 Å². The summed E-state index contributed by atoms with van der Waals surface area (Å²) in [6, 6.07) is 16.6. The van der Waals surface area contributed by atoms with Gasteiger partial charge in [-0.15, -0.1) is 0 Å². The largest absolute Gasteiger partial charge is 0.422 e. The van der Waals surface area contributed by atoms with Gasteiger partial charge in [-0.2, -0.15) is 13.2 Å². The summed E-state index contributed by atoms with van der Waals surface area (Å²) in [6.45, 7) is 1.68. The standard InChI is InChI=1S/C25H16ClF3O3/c1-14-11-15(9-10-18(14)19-7-2-3-8-20(19)25(27,28)29)12-21-23(30)22(24(31)32-21)16-5-4-6-17(26)13-16/h2-13,22H,1H3/b21-12-. The minimum atomic E-state index is -4.48. The van der Waals surface area contributed by atoms with Crippen LogP contribution in [0.5, 0.6) is 0 Å². The van der Waals surface area contributed by atoms with Crippen molar-refractivity contribution in [1.29, 1.82) is 0 Å². The summed E-state index contributed by atoms with van der Waals surface area (Å²) in [5.41, 5.74) is 1.32. The normalized spacial score (nSPS) is 17.7. The number of halogens is 4. The van der Waals surface area contributed by atoms with Crippen molar-refractivity contribution < 1.29 is 27.5 Å². The molecule has 1 aliphatic rings. The van der Waals surface area contributed by atoms with Gasteiger partial charge in [-0.1, -0.05) is 60.1 Å². The number of aryl methyl sites for hydroxylation is 1. The van der Waals surface area contributed by atoms with E-state index in [1.807, 2.05) is 0 Å². The first-order valence-electron chi connectivity index (χ1n) is 9.65. The van der Waals surface area contributed by atoms with E-state index in [0.29, 0.717) is 27.3 Å². The number of carbonyl (C=O) groups is 2. The van der Waals surface area contributed by atoms with E-state index in [-0.39, 0.29) is 11.3 Å². The first-order chi connectivity index (χ1) is 15.1. The zero-order valence-electron chi connectivity index (χ0n) is 16.7. The van der Waals surface area contributed by atoms with Gasteiger partial charge in [0.05, 0.1) is 5.56 Å². The van der Waals surface area contributed by atoms with Gasteiger partial charge in [-0.05, 0) is 59.0 Å². The maximum Gasteiger partial charge on any atom is 0.417 e. The van der Waals surface area contributed by atoms with E-state index >= 15 is 0 Å². The molecule has 0 bridgehead atoms. The molecule has 0 radical (unpaired) electrons. The Kier molecular flexibility index (Phi) is 5.65. The van der Waals surface area contributed by atoms with E-state index in [0.717, 1.165) is 6.07 Å². The summed E-state index contributed by atoms with van der Waals surface area (Å²) in [4.78, 5) is 25.1. The topological polar surface area (TPSA) is 43.4 Å². The zero-order chi connectivity index (χ0) is 23.0. The second-order valence-electron chi connectivity index (χ2n) is 7.40. The van der Waals surface area contributed by atoms with Gasteiger partial charge in [0.1, 0.15) is 5.92 Å². The smallest absolute Gasteiger partial charge is 0.417 e. The highest BCUT2D eigenvalue weighted by Crippen LogP contribution is 2.38. The Balaban J connectivity index is 1.67. The van der Waals surface area contributed by atoms with E-state index < -0.39 is 29.4 Å². The third kappa shape index (κ3) is 4.18. The van der Waals surface area contributed by atoms with Crippen LogP contribution in [0.25, 0.3) is 17.2 Å². The number of allylic oxidation sites excluding steroid dienone is 1. The molecule has 1 heterocycles. The van der Waals surface area contributed by atoms with E-state index in [9.17, 15) is 22.8 Å². The van der Waals surface area contributed by atoms with Gasteiger partial charge in [0.2, 0.25) is 5.78 Å². The molecule has 1 saturated heterocycles. The number of Topliss-reactive ketones (excluding diaryl/α,β-unsaturated/α-hetero) is 1. The first-order valence-corrected chi connectivity index (χ1v) is 10.0. The number of rotatable bonds is 3. The molecule has 0 aromatic heterocycles. The summed E-state index contributed by atoms with van der Waals surface area (Å²) in [6.07, 6.45) is -3.07. The van der Waals surface area contributed by atoms with E-state index in [1.165, 1.54) is 24.3 Å². The Morgan fingerprint density at radius 2 is 1.69 bits per heavy atom. The Morgan fingerprint density at radius 1 is 0.938 bits per heavy atom. The Hall–Kier alpha value is -3.38. The maximum atomic E-state index is 13.4. The second kappa shape index (κ2) is 8.28. The summed E-state index contributed by atoms with van der Waals surface area (Å²) in [7, 11) is 0. The third-order valence-electron chi connectivity index (χ3n) is 5.20. The lowest BCUT2D eigenvalue weighted by molar-refractivity contribution is -0.138. The zero-order valence-corrected chi connectivity index (χ0v) is 17.5. The highest BCUT2D eigenvalue weighted by molar-refractivity contribution is 6.30. The number of esters is 1. The predicted octanol–water partition coefficient (Wildman–Crippen LogP) is 6.58. The number of carbonyl (C=O) groups excluding carboxylic acids is 2. The van der Waals surface area contributed by atoms with Crippen LogP contribution in [0, 0.1) is 6.92 Å². The lowest BCUT2D eigenvalue weighted by atomic mass is 9.93. The lowest BCUT2D eigenvalue weighted by Crippen LogP contribution is -2.12. The Morgan fingerprint density at radius 3 is 2.38 bits per heavy atom. The molecular formula is C25H16ClF3O3. The monoisotopic (exact) mass is 456 g/mol. The predicted molar refractivity (Wildman–Crippen MR) is 115 cm³/mol. The quantitative estimate of drug-likeness (QED) is 0.254. The Labute approximate surface area is 187 Å². The molecular weight excluding hydrogens is 441 g/mol. The van der Waals surface area contributed by atoms with Gasteiger partial charge in [0.15, 0.2) is 5.76 Å². The molecule has 32 heavy (non-hydrogen) atoms. The van der Waals surface area contributed by atoms with Gasteiger partial charge >= 0.3 is 12.1 Å². The highest BCUT2D eigenvalue weighted by Gasteiger charge is 2.41. The molecule has 0 aliphatic carbocycles. The van der Waals surface area contributed by atoms with Crippen LogP contribution in [0.3, 0.4) is 0 Å². The highest BCUT2D eigenvalue weighted by atomic mass is 35.5. The van der Waals surface area contributed by atoms with Crippen LogP contribution in [0.15, 0.2) is 72.5 Å². The minimum Gasteiger partial charge on any atom is -0.422 e. The molecule has 3 nitrogen and oxygen atoms in total. The van der Waals surface area contributed by atoms with Crippen molar-refractivity contribution in [2.24, 2.45) is 0 Å². The molecule has 1 unspecified atom stereocenters. The number of alkyl halides is 3. The fourth-order valence-corrected chi connectivity index (χ4v) is 3.94. The average Bonchev–Trinajstić information content (AvgIpc) is 3.00. The van der Waals surface area contributed by atoms with Gasteiger partial charge in [0, 0.05) is 5.02 Å². The molecule has 0 spiro atoms. The van der Waals surface area contributed by atoms with Crippen LogP contribution in [0.1, 0.15) is 28.2 Å². The lowest BCUT2D eigenvalue weighted by Gasteiger charge is -2.15. The third-order valence-corrected chi connectivity index (χ3v) is 5.44. The van der Waals surface area contributed by atoms with Crippen molar-refractivity contribution in [3.63, 3.8) is 0 Å². The Bertz CT molecular complexity index is 1260. The van der Waals surface area contributed by atoms with Gasteiger partial charge in [0.25, 0.3) is 0 Å². The van der Waals surface area contributed by atoms with Crippen molar-refractivity contribution in [2.75, 3.05) is 0 Å². The maximum absolute atomic E-state index is 13.4. The molecule has 1 aliphatic heterocycles. The van der Waals surface area contributed by atoms with Crippen molar-refractivity contribution >= 4 is 29.4 Å². The molecule has 0 amide bonds. The first kappa shape index (κ1) is 21.8. The molecule has 1 atom stereocenters. The van der Waals surface area contributed by atoms with Crippen LogP contribution in [0.4, 0.5) is 13.2 Å². The summed E-state index contributed by atoms with van der Waals surface area (Å²) in [5, 5.41) is 0.394. The van der Waals surface area contributed by atoms with E-state index in [2.05, 4.69) is 0 Å². The SMILES string of the molecule is Cc1cc(/C=C2\OC(=O)C(c3cccc(Cl)c3)C2=O)ccc1-c1ccccc1C(F)(F)F. The van der Waals surface area contributed by atoms with Crippen LogP contribution >= 0.6 is 11.6 Å². The summed E-state index contributed by atoms with van der Waals surface area (Å²) < 4.78 is 45.4. The molecule has 3 aromatic carbocycles. The molecule has 162 valence electrons. The van der Waals surface area contributed by atoms with Crippen molar-refractivity contribution in [2.45, 2.75) is 19.0 Å². The summed E-state index contributed by atoms with van der Waals surface area (Å²) in [5.74, 6) is -2.42. The fraction of sp³-hybridized carbons (Fsp3) is 0.120. The summed E-state index contributed by atoms with van der Waals surface area (Å²) >= 11 is 5.96. The van der Waals surface area contributed by atoms with Crippen LogP contribution in [0.2, 0.25) is 5.02 Å². The fourth-order valence-electron chi connectivity index (χ4n) is 3.74. The average molecular weight is 457 g/mol. The minimum absolute atomic E-state index is 0.0705.